The van der Waals surface area contributed by atoms with E-state index in [1.54, 1.807) is 5.57 Å². The first-order valence-corrected chi connectivity index (χ1v) is 23.5. The molecule has 2 atom stereocenters. The Kier molecular flexibility index (Phi) is 7.98. The molecule has 0 saturated carbocycles. The van der Waals surface area contributed by atoms with E-state index in [9.17, 15) is 0 Å². The van der Waals surface area contributed by atoms with Gasteiger partial charge >= 0.3 is 0 Å². The fourth-order valence-corrected chi connectivity index (χ4v) is 12.4. The van der Waals surface area contributed by atoms with Gasteiger partial charge in [0.05, 0.1) is 39.3 Å². The molecule has 0 spiro atoms. The lowest BCUT2D eigenvalue weighted by atomic mass is 9.79. The van der Waals surface area contributed by atoms with Gasteiger partial charge in [-0.25, -0.2) is 0 Å². The van der Waals surface area contributed by atoms with E-state index < -0.39 is 0 Å². The summed E-state index contributed by atoms with van der Waals surface area (Å²) in [4.78, 5) is 2.68. The van der Waals surface area contributed by atoms with E-state index in [1.165, 1.54) is 105 Å². The highest BCUT2D eigenvalue weighted by molar-refractivity contribution is 6.19. The largest absolute Gasteiger partial charge is 0.337 e. The number of hydrogen-bond donors (Lipinski definition) is 0. The maximum atomic E-state index is 2.68. The molecule has 4 nitrogen and oxygen atoms in total. The molecule has 4 heteroatoms. The van der Waals surface area contributed by atoms with E-state index >= 15 is 0 Å². The van der Waals surface area contributed by atoms with Crippen molar-refractivity contribution in [1.29, 1.82) is 0 Å². The number of para-hydroxylation sites is 4. The summed E-state index contributed by atoms with van der Waals surface area (Å²) < 4.78 is 7.60. The van der Waals surface area contributed by atoms with E-state index in [0.717, 1.165) is 51.4 Å². The minimum atomic E-state index is 0.324. The normalized spacial score (nSPS) is 20.5. The van der Waals surface area contributed by atoms with Crippen molar-refractivity contribution in [2.75, 3.05) is 0 Å². The van der Waals surface area contributed by atoms with Gasteiger partial charge in [-0.1, -0.05) is 109 Å². The SMILES string of the molecule is C1=CCCC(N2C3=C(CCC=C3)C3c4c(n(C5=CC=C(C6=CC=C(n7c8ccccc8c8cc9c%10ccccc%10n(-c%10ccccc%10)c9cc87)CC6)CC5)c5ccccc45)C=CC32)=C1. The Labute approximate surface area is 373 Å². The lowest BCUT2D eigenvalue weighted by molar-refractivity contribution is 0.369. The number of hydrogen-bond acceptors (Lipinski definition) is 1. The highest BCUT2D eigenvalue weighted by Gasteiger charge is 2.45. The van der Waals surface area contributed by atoms with Crippen LogP contribution in [0.25, 0.3) is 77.7 Å². The third-order valence-corrected chi connectivity index (χ3v) is 15.2. The Morgan fingerprint density at radius 2 is 1.06 bits per heavy atom. The Balaban J connectivity index is 0.842. The maximum Gasteiger partial charge on any atom is 0.0630 e. The summed E-state index contributed by atoms with van der Waals surface area (Å²) in [6, 6.07) is 43.1. The number of rotatable bonds is 5. The first kappa shape index (κ1) is 36.2. The number of benzene rings is 5. The van der Waals surface area contributed by atoms with Crippen LogP contribution in [0.15, 0.2) is 204 Å². The minimum Gasteiger partial charge on any atom is -0.337 e. The topological polar surface area (TPSA) is 18.0 Å². The predicted molar refractivity (Wildman–Crippen MR) is 268 cm³/mol. The van der Waals surface area contributed by atoms with Crippen molar-refractivity contribution in [1.82, 2.24) is 18.6 Å². The molecule has 0 bridgehead atoms. The Hall–Kier alpha value is -7.30. The summed E-state index contributed by atoms with van der Waals surface area (Å²) >= 11 is 0. The first-order valence-electron chi connectivity index (χ1n) is 23.5. The van der Waals surface area contributed by atoms with Crippen molar-refractivity contribution < 1.29 is 0 Å². The summed E-state index contributed by atoms with van der Waals surface area (Å²) in [7, 11) is 0. The average molecular weight is 825 g/mol. The van der Waals surface area contributed by atoms with E-state index in [-0.39, 0.29) is 0 Å². The van der Waals surface area contributed by atoms with Gasteiger partial charge < -0.3 is 18.6 Å². The molecule has 8 aromatic rings. The second-order valence-electron chi connectivity index (χ2n) is 18.5. The summed E-state index contributed by atoms with van der Waals surface area (Å²) in [6.45, 7) is 0. The van der Waals surface area contributed by atoms with E-state index in [2.05, 4.69) is 201 Å². The molecule has 2 unspecified atom stereocenters. The fourth-order valence-electron chi connectivity index (χ4n) is 12.4. The molecule has 5 aliphatic carbocycles. The van der Waals surface area contributed by atoms with E-state index in [1.807, 2.05) is 0 Å². The van der Waals surface area contributed by atoms with Crippen molar-refractivity contribution >= 4 is 72.0 Å². The first-order chi connectivity index (χ1) is 31.8. The molecule has 5 aromatic carbocycles. The van der Waals surface area contributed by atoms with Crippen molar-refractivity contribution in [3.63, 3.8) is 0 Å². The zero-order valence-corrected chi connectivity index (χ0v) is 35.9. The van der Waals surface area contributed by atoms with Gasteiger partial charge in [-0.3, -0.25) is 0 Å². The van der Waals surface area contributed by atoms with Gasteiger partial charge in [0.25, 0.3) is 0 Å². The monoisotopic (exact) mass is 824 g/mol. The Bertz CT molecular complexity index is 3610. The Morgan fingerprint density at radius 3 is 1.75 bits per heavy atom. The van der Waals surface area contributed by atoms with Crippen LogP contribution in [0.4, 0.5) is 0 Å². The third kappa shape index (κ3) is 5.23. The molecule has 0 radical (unpaired) electrons. The zero-order valence-electron chi connectivity index (χ0n) is 35.9. The van der Waals surface area contributed by atoms with Crippen molar-refractivity contribution in [3.8, 4) is 5.69 Å². The lowest BCUT2D eigenvalue weighted by Gasteiger charge is -2.34. The van der Waals surface area contributed by atoms with Gasteiger partial charge in [0.2, 0.25) is 0 Å². The van der Waals surface area contributed by atoms with Crippen LogP contribution in [-0.2, 0) is 0 Å². The molecule has 1 aliphatic heterocycles. The summed E-state index contributed by atoms with van der Waals surface area (Å²) in [5.41, 5.74) is 20.7. The van der Waals surface area contributed by atoms with Crippen LogP contribution in [0.5, 0.6) is 0 Å². The molecule has 0 fully saturated rings. The smallest absolute Gasteiger partial charge is 0.0630 e. The van der Waals surface area contributed by atoms with Crippen molar-refractivity contribution in [2.45, 2.75) is 63.3 Å². The van der Waals surface area contributed by atoms with Crippen molar-refractivity contribution in [2.24, 2.45) is 0 Å². The standard InChI is InChI=1S/C60H48N4/c1-3-15-41(16-4-1)61-53-25-13-9-21-47(53)59-55(61)35-36-56-60(59)48-22-10-14-26-54(48)62(56)43-31-27-39(28-32-43)40-29-33-44(34-30-40)64-52-24-12-8-20-46(52)50-37-49-45-19-7-11-23-51(45)63(57(49)38-58(50)64)42-17-5-2-6-18-42/h1-3,5-8,10-15,17-20,22-27,29,31,33,35-38,55,59H,4,9,16,21,28,30,32,34H2. The predicted octanol–water partition coefficient (Wildman–Crippen LogP) is 15.3. The van der Waals surface area contributed by atoms with Crippen LogP contribution in [0.1, 0.15) is 68.5 Å². The average Bonchev–Trinajstić information content (AvgIpc) is 4.08. The molecule has 4 heterocycles. The number of aromatic nitrogens is 3. The van der Waals surface area contributed by atoms with Crippen LogP contribution in [0.2, 0.25) is 0 Å². The van der Waals surface area contributed by atoms with Gasteiger partial charge in [-0.2, -0.15) is 0 Å². The maximum absolute atomic E-state index is 2.68. The molecule has 0 amide bonds. The van der Waals surface area contributed by atoms with Gasteiger partial charge in [-0.15, -0.1) is 0 Å². The summed E-state index contributed by atoms with van der Waals surface area (Å²) in [6.07, 6.45) is 35.0. The van der Waals surface area contributed by atoms with Gasteiger partial charge in [-0.05, 0) is 146 Å². The molecule has 6 aliphatic rings. The second kappa shape index (κ2) is 14.1. The lowest BCUT2D eigenvalue weighted by Crippen LogP contribution is -2.32. The fraction of sp³-hybridized carbons (Fsp3) is 0.167. The number of nitrogens with zero attached hydrogens (tertiary/aromatic N) is 4. The quantitative estimate of drug-likeness (QED) is 0.169. The van der Waals surface area contributed by atoms with Crippen LogP contribution in [0, 0.1) is 0 Å². The van der Waals surface area contributed by atoms with Crippen LogP contribution in [0.3, 0.4) is 0 Å². The van der Waals surface area contributed by atoms with Crippen molar-refractivity contribution in [3.05, 3.63) is 215 Å². The van der Waals surface area contributed by atoms with Gasteiger partial charge in [0.15, 0.2) is 0 Å². The summed E-state index contributed by atoms with van der Waals surface area (Å²) in [5.74, 6) is 0.371. The molecular weight excluding hydrogens is 777 g/mol. The van der Waals surface area contributed by atoms with Gasteiger partial charge in [0, 0.05) is 61.3 Å². The molecule has 3 aromatic heterocycles. The van der Waals surface area contributed by atoms with E-state index in [0.29, 0.717) is 12.0 Å². The minimum absolute atomic E-state index is 0.324. The molecule has 0 N–H and O–H groups in total. The third-order valence-electron chi connectivity index (χ3n) is 15.2. The highest BCUT2D eigenvalue weighted by Crippen LogP contribution is 2.54. The van der Waals surface area contributed by atoms with E-state index in [4.69, 9.17) is 0 Å². The Morgan fingerprint density at radius 1 is 0.438 bits per heavy atom. The van der Waals surface area contributed by atoms with Crippen LogP contribution < -0.4 is 0 Å². The van der Waals surface area contributed by atoms with Crippen LogP contribution >= 0.6 is 0 Å². The molecular formula is C60H48N4. The van der Waals surface area contributed by atoms with Gasteiger partial charge in [0.1, 0.15) is 0 Å². The molecule has 64 heavy (non-hydrogen) atoms. The second-order valence-corrected chi connectivity index (χ2v) is 18.5. The molecule has 308 valence electrons. The molecule has 0 saturated heterocycles. The summed E-state index contributed by atoms with van der Waals surface area (Å²) in [5, 5.41) is 6.61. The number of allylic oxidation sites excluding steroid dienone is 14. The molecule has 14 rings (SSSR count). The highest BCUT2D eigenvalue weighted by atomic mass is 15.2. The number of fused-ring (bicyclic) bond motifs is 12. The van der Waals surface area contributed by atoms with Crippen LogP contribution in [-0.4, -0.2) is 24.6 Å². The zero-order chi connectivity index (χ0) is 41.9.